The Morgan fingerprint density at radius 3 is 2.58 bits per heavy atom. The second kappa shape index (κ2) is 8.45. The fraction of sp³-hybridized carbons (Fsp3) is 0.500. The molecule has 1 saturated heterocycles. The van der Waals surface area contributed by atoms with Gasteiger partial charge in [0.15, 0.2) is 0 Å². The molecule has 5 nitrogen and oxygen atoms in total. The lowest BCUT2D eigenvalue weighted by atomic mass is 9.84. The quantitative estimate of drug-likeness (QED) is 0.754. The zero-order valence-electron chi connectivity index (χ0n) is 14.9. The summed E-state index contributed by atoms with van der Waals surface area (Å²) in [4.78, 5) is 26.7. The Kier molecular flexibility index (Phi) is 6.04. The normalized spacial score (nSPS) is 29.2. The van der Waals surface area contributed by atoms with Crippen molar-refractivity contribution in [1.82, 2.24) is 10.2 Å². The van der Waals surface area contributed by atoms with Gasteiger partial charge in [-0.1, -0.05) is 24.3 Å². The molecule has 140 valence electrons. The van der Waals surface area contributed by atoms with Crippen molar-refractivity contribution in [2.45, 2.75) is 50.1 Å². The van der Waals surface area contributed by atoms with Gasteiger partial charge in [-0.2, -0.15) is 0 Å². The molecule has 0 spiro atoms. The fourth-order valence-electron chi connectivity index (χ4n) is 3.77. The molecule has 1 fully saturated rings. The standard InChI is InChI=1S/C20H26FN3O2/c21-15-9-7-14(8-10-15)16-11-12-24-13-18(16)23-19(25)6-4-2-1-3-5-17(22)20(24)26/h1-2,7-10,16-18H,3-6,11-13,22H2,(H,23,25)/b2-1+/t16-,17?,18-/m1/s1. The third kappa shape index (κ3) is 4.49. The summed E-state index contributed by atoms with van der Waals surface area (Å²) in [5.41, 5.74) is 7.05. The van der Waals surface area contributed by atoms with Crippen molar-refractivity contribution in [3.63, 3.8) is 0 Å². The number of nitrogens with one attached hydrogen (secondary N) is 1. The van der Waals surface area contributed by atoms with E-state index in [1.54, 1.807) is 17.0 Å². The Labute approximate surface area is 153 Å². The first-order chi connectivity index (χ1) is 12.5. The molecule has 6 heteroatoms. The third-order valence-electron chi connectivity index (χ3n) is 5.24. The predicted octanol–water partition coefficient (Wildman–Crippen LogP) is 2.08. The molecule has 0 aromatic heterocycles. The lowest BCUT2D eigenvalue weighted by molar-refractivity contribution is -0.135. The average Bonchev–Trinajstić information content (AvgIpc) is 2.64. The van der Waals surface area contributed by atoms with E-state index in [1.165, 1.54) is 12.1 Å². The third-order valence-corrected chi connectivity index (χ3v) is 5.24. The number of carbonyl (C=O) groups excluding carboxylic acids is 2. The van der Waals surface area contributed by atoms with Crippen LogP contribution in [0.3, 0.4) is 0 Å². The number of halogens is 1. The number of hydrogen-bond donors (Lipinski definition) is 2. The maximum Gasteiger partial charge on any atom is 0.239 e. The van der Waals surface area contributed by atoms with Crippen molar-refractivity contribution in [2.24, 2.45) is 5.73 Å². The Morgan fingerprint density at radius 2 is 1.81 bits per heavy atom. The molecule has 2 aliphatic heterocycles. The predicted molar refractivity (Wildman–Crippen MR) is 97.9 cm³/mol. The van der Waals surface area contributed by atoms with E-state index >= 15 is 0 Å². The number of carbonyl (C=O) groups is 2. The van der Waals surface area contributed by atoms with Crippen molar-refractivity contribution in [3.8, 4) is 0 Å². The van der Waals surface area contributed by atoms with Crippen LogP contribution in [0, 0.1) is 5.82 Å². The van der Waals surface area contributed by atoms with Crippen molar-refractivity contribution in [1.29, 1.82) is 0 Å². The van der Waals surface area contributed by atoms with Gasteiger partial charge < -0.3 is 16.0 Å². The Balaban J connectivity index is 1.82. The molecule has 2 amide bonds. The SMILES string of the molecule is NC1CC/C=C/CCC(=O)N[C@@H]2CN(CC[C@@H]2c2ccc(F)cc2)C1=O. The van der Waals surface area contributed by atoms with Crippen LogP contribution in [0.25, 0.3) is 0 Å². The molecule has 26 heavy (non-hydrogen) atoms. The summed E-state index contributed by atoms with van der Waals surface area (Å²) in [6, 6.07) is 5.70. The van der Waals surface area contributed by atoms with Gasteiger partial charge in [0, 0.05) is 25.4 Å². The highest BCUT2D eigenvalue weighted by Crippen LogP contribution is 2.29. The summed E-state index contributed by atoms with van der Waals surface area (Å²) in [6.07, 6.45) is 7.12. The van der Waals surface area contributed by atoms with Gasteiger partial charge in [0.2, 0.25) is 11.8 Å². The second-order valence-corrected chi connectivity index (χ2v) is 7.10. The highest BCUT2D eigenvalue weighted by Gasteiger charge is 2.34. The molecule has 2 heterocycles. The molecule has 3 rings (SSSR count). The van der Waals surface area contributed by atoms with Crippen molar-refractivity contribution < 1.29 is 14.0 Å². The van der Waals surface area contributed by atoms with Gasteiger partial charge in [0.25, 0.3) is 0 Å². The van der Waals surface area contributed by atoms with Gasteiger partial charge in [0.1, 0.15) is 5.82 Å². The molecule has 3 atom stereocenters. The van der Waals surface area contributed by atoms with E-state index in [-0.39, 0.29) is 29.6 Å². The van der Waals surface area contributed by atoms with E-state index in [0.717, 1.165) is 12.0 Å². The number of nitrogens with zero attached hydrogens (tertiary/aromatic N) is 1. The lowest BCUT2D eigenvalue weighted by Crippen LogP contribution is -2.56. The fourth-order valence-corrected chi connectivity index (χ4v) is 3.77. The first-order valence-corrected chi connectivity index (χ1v) is 9.29. The highest BCUT2D eigenvalue weighted by molar-refractivity contribution is 5.82. The number of hydrogen-bond acceptors (Lipinski definition) is 3. The van der Waals surface area contributed by atoms with Crippen molar-refractivity contribution >= 4 is 11.8 Å². The van der Waals surface area contributed by atoms with Crippen molar-refractivity contribution in [2.75, 3.05) is 13.1 Å². The van der Waals surface area contributed by atoms with Crippen LogP contribution in [-0.2, 0) is 9.59 Å². The average molecular weight is 359 g/mol. The number of amides is 2. The summed E-state index contributed by atoms with van der Waals surface area (Å²) in [6.45, 7) is 1.03. The van der Waals surface area contributed by atoms with E-state index < -0.39 is 6.04 Å². The number of benzene rings is 1. The summed E-state index contributed by atoms with van der Waals surface area (Å²) in [7, 11) is 0. The largest absolute Gasteiger partial charge is 0.351 e. The molecular formula is C20H26FN3O2. The Hall–Kier alpha value is -2.21. The highest BCUT2D eigenvalue weighted by atomic mass is 19.1. The van der Waals surface area contributed by atoms with Crippen LogP contribution in [0.5, 0.6) is 0 Å². The summed E-state index contributed by atoms with van der Waals surface area (Å²) < 4.78 is 13.3. The van der Waals surface area contributed by atoms with Gasteiger partial charge in [-0.25, -0.2) is 4.39 Å². The van der Waals surface area contributed by atoms with Crippen LogP contribution in [0.2, 0.25) is 0 Å². The molecule has 1 aromatic carbocycles. The summed E-state index contributed by atoms with van der Waals surface area (Å²) in [5, 5.41) is 3.08. The molecular weight excluding hydrogens is 333 g/mol. The van der Waals surface area contributed by atoms with Gasteiger partial charge in [-0.3, -0.25) is 9.59 Å². The first-order valence-electron chi connectivity index (χ1n) is 9.29. The van der Waals surface area contributed by atoms with E-state index in [4.69, 9.17) is 5.73 Å². The Bertz CT molecular complexity index is 674. The molecule has 1 aromatic rings. The number of allylic oxidation sites excluding steroid dienone is 2. The van der Waals surface area contributed by atoms with E-state index in [0.29, 0.717) is 38.8 Å². The van der Waals surface area contributed by atoms with Crippen LogP contribution >= 0.6 is 0 Å². The maximum atomic E-state index is 13.3. The van der Waals surface area contributed by atoms with Crippen LogP contribution < -0.4 is 11.1 Å². The zero-order chi connectivity index (χ0) is 18.5. The van der Waals surface area contributed by atoms with E-state index in [9.17, 15) is 14.0 Å². The van der Waals surface area contributed by atoms with Gasteiger partial charge in [-0.05, 0) is 43.4 Å². The monoisotopic (exact) mass is 359 g/mol. The minimum absolute atomic E-state index is 0.0235. The van der Waals surface area contributed by atoms with Crippen LogP contribution in [0.15, 0.2) is 36.4 Å². The first kappa shape index (κ1) is 18.6. The van der Waals surface area contributed by atoms with E-state index in [1.807, 2.05) is 12.2 Å². The molecule has 0 saturated carbocycles. The zero-order valence-corrected chi connectivity index (χ0v) is 14.9. The second-order valence-electron chi connectivity index (χ2n) is 7.10. The van der Waals surface area contributed by atoms with Gasteiger partial charge >= 0.3 is 0 Å². The van der Waals surface area contributed by atoms with Gasteiger partial charge in [-0.15, -0.1) is 0 Å². The smallest absolute Gasteiger partial charge is 0.239 e. The summed E-state index contributed by atoms with van der Waals surface area (Å²) in [5.74, 6) is -0.308. The molecule has 1 unspecified atom stereocenters. The summed E-state index contributed by atoms with van der Waals surface area (Å²) >= 11 is 0. The van der Waals surface area contributed by atoms with Crippen LogP contribution in [-0.4, -0.2) is 41.9 Å². The molecule has 2 bridgehead atoms. The van der Waals surface area contributed by atoms with Crippen LogP contribution in [0.1, 0.15) is 43.6 Å². The molecule has 0 radical (unpaired) electrons. The molecule has 0 aliphatic carbocycles. The maximum absolute atomic E-state index is 13.3. The Morgan fingerprint density at radius 1 is 1.08 bits per heavy atom. The molecule has 3 N–H and O–H groups in total. The topological polar surface area (TPSA) is 75.4 Å². The molecule has 2 aliphatic rings. The lowest BCUT2D eigenvalue weighted by Gasteiger charge is -2.40. The minimum Gasteiger partial charge on any atom is -0.351 e. The minimum atomic E-state index is -0.515. The number of rotatable bonds is 1. The van der Waals surface area contributed by atoms with Crippen molar-refractivity contribution in [3.05, 3.63) is 47.8 Å². The number of piperidine rings is 1. The number of fused-ring (bicyclic) bond motifs is 2. The van der Waals surface area contributed by atoms with Gasteiger partial charge in [0.05, 0.1) is 12.1 Å². The number of nitrogens with two attached hydrogens (primary N) is 1. The van der Waals surface area contributed by atoms with Crippen LogP contribution in [0.4, 0.5) is 4.39 Å². The van der Waals surface area contributed by atoms with E-state index in [2.05, 4.69) is 5.32 Å².